The second-order valence-corrected chi connectivity index (χ2v) is 6.55. The van der Waals surface area contributed by atoms with Gasteiger partial charge in [-0.05, 0) is 30.5 Å². The van der Waals surface area contributed by atoms with Crippen LogP contribution in [0.1, 0.15) is 22.3 Å². The first kappa shape index (κ1) is 19.2. The van der Waals surface area contributed by atoms with Crippen LogP contribution in [0, 0.1) is 13.8 Å². The Kier molecular flexibility index (Phi) is 5.96. The maximum Gasteiger partial charge on any atom is 0.635 e. The molecule has 7 heteroatoms. The Morgan fingerprint density at radius 2 is 1.85 bits per heavy atom. The fourth-order valence-corrected chi connectivity index (χ4v) is 3.17. The van der Waals surface area contributed by atoms with E-state index in [0.717, 1.165) is 33.2 Å². The molecule has 3 aromatic rings. The second-order valence-electron chi connectivity index (χ2n) is 6.55. The standard InChI is InChI=1S/C20H22BNO5/c1-13-8-9-14(2)20-19(13)16(12-26-20)11-18(27-21(24)25)22-17(23)10-15-6-4-3-5-7-15/h3-9,12,18,24-25H,10-11H2,1-2H3,(H,22,23)/t18-/m1/s1. The fraction of sp³-hybridized carbons (Fsp3) is 0.250. The number of carbonyl (C=O) groups excluding carboxylic acids is 1. The topological polar surface area (TPSA) is 91.9 Å². The molecular formula is C20H22BNO5. The minimum atomic E-state index is -1.99. The average Bonchev–Trinajstić information content (AvgIpc) is 3.03. The number of hydrogen-bond acceptors (Lipinski definition) is 5. The Balaban J connectivity index is 1.77. The number of fused-ring (bicyclic) bond motifs is 1. The lowest BCUT2D eigenvalue weighted by atomic mass is 10.0. The molecule has 0 spiro atoms. The summed E-state index contributed by atoms with van der Waals surface area (Å²) in [6.07, 6.45) is 1.14. The van der Waals surface area contributed by atoms with Gasteiger partial charge in [-0.25, -0.2) is 0 Å². The largest absolute Gasteiger partial charge is 0.635 e. The Morgan fingerprint density at radius 1 is 1.15 bits per heavy atom. The third-order valence-corrected chi connectivity index (χ3v) is 4.42. The third kappa shape index (κ3) is 4.77. The van der Waals surface area contributed by atoms with E-state index < -0.39 is 13.5 Å². The first-order valence-corrected chi connectivity index (χ1v) is 8.75. The molecule has 3 N–H and O–H groups in total. The SMILES string of the molecule is Cc1ccc(C)c2c(C[C@H](NC(=O)Cc3ccccc3)OB(O)O)coc12. The average molecular weight is 367 g/mol. The van der Waals surface area contributed by atoms with Crippen LogP contribution in [0.5, 0.6) is 0 Å². The second kappa shape index (κ2) is 8.39. The lowest BCUT2D eigenvalue weighted by Gasteiger charge is -2.19. The van der Waals surface area contributed by atoms with Crippen molar-refractivity contribution < 1.29 is 23.9 Å². The van der Waals surface area contributed by atoms with Crippen LogP contribution in [0.2, 0.25) is 0 Å². The van der Waals surface area contributed by atoms with E-state index in [1.807, 2.05) is 56.3 Å². The summed E-state index contributed by atoms with van der Waals surface area (Å²) in [5.41, 5.74) is 4.52. The van der Waals surface area contributed by atoms with Crippen molar-refractivity contribution in [3.05, 3.63) is 71.0 Å². The van der Waals surface area contributed by atoms with Crippen LogP contribution in [0.3, 0.4) is 0 Å². The van der Waals surface area contributed by atoms with Gasteiger partial charge in [0.25, 0.3) is 0 Å². The molecule has 1 amide bonds. The van der Waals surface area contributed by atoms with Gasteiger partial charge < -0.3 is 24.4 Å². The molecule has 1 aromatic heterocycles. The van der Waals surface area contributed by atoms with E-state index >= 15 is 0 Å². The number of benzene rings is 2. The van der Waals surface area contributed by atoms with E-state index in [4.69, 9.17) is 9.07 Å². The molecule has 1 atom stereocenters. The summed E-state index contributed by atoms with van der Waals surface area (Å²) >= 11 is 0. The van der Waals surface area contributed by atoms with Crippen molar-refractivity contribution >= 4 is 24.2 Å². The Morgan fingerprint density at radius 3 is 2.56 bits per heavy atom. The predicted octanol–water partition coefficient (Wildman–Crippen LogP) is 2.26. The molecule has 3 rings (SSSR count). The molecular weight excluding hydrogens is 345 g/mol. The molecule has 0 unspecified atom stereocenters. The van der Waals surface area contributed by atoms with Gasteiger partial charge in [0.1, 0.15) is 11.8 Å². The Hall–Kier alpha value is -2.61. The number of hydrogen-bond donors (Lipinski definition) is 3. The van der Waals surface area contributed by atoms with E-state index in [1.54, 1.807) is 6.26 Å². The molecule has 0 aliphatic rings. The van der Waals surface area contributed by atoms with Gasteiger partial charge in [0, 0.05) is 17.4 Å². The highest BCUT2D eigenvalue weighted by molar-refractivity contribution is 6.32. The molecule has 0 saturated carbocycles. The van der Waals surface area contributed by atoms with Gasteiger partial charge in [0.15, 0.2) is 0 Å². The van der Waals surface area contributed by atoms with Crippen molar-refractivity contribution in [2.45, 2.75) is 32.9 Å². The quantitative estimate of drug-likeness (QED) is 0.440. The van der Waals surface area contributed by atoms with Crippen LogP contribution in [-0.4, -0.2) is 29.5 Å². The number of furan rings is 1. The third-order valence-electron chi connectivity index (χ3n) is 4.42. The molecule has 0 aliphatic carbocycles. The molecule has 0 bridgehead atoms. The van der Waals surface area contributed by atoms with Gasteiger partial charge in [-0.2, -0.15) is 0 Å². The zero-order valence-electron chi connectivity index (χ0n) is 15.3. The zero-order chi connectivity index (χ0) is 19.4. The molecule has 0 fully saturated rings. The van der Waals surface area contributed by atoms with Gasteiger partial charge in [-0.1, -0.05) is 42.5 Å². The number of aryl methyl sites for hydroxylation is 2. The number of carbonyl (C=O) groups is 1. The van der Waals surface area contributed by atoms with Crippen LogP contribution < -0.4 is 5.32 Å². The molecule has 0 aliphatic heterocycles. The highest BCUT2D eigenvalue weighted by Crippen LogP contribution is 2.28. The summed E-state index contributed by atoms with van der Waals surface area (Å²) < 4.78 is 10.8. The van der Waals surface area contributed by atoms with Gasteiger partial charge in [0.05, 0.1) is 12.7 Å². The maximum absolute atomic E-state index is 12.3. The molecule has 140 valence electrons. The molecule has 2 aromatic carbocycles. The summed E-state index contributed by atoms with van der Waals surface area (Å²) in [4.78, 5) is 12.3. The Bertz CT molecular complexity index is 923. The van der Waals surface area contributed by atoms with E-state index in [-0.39, 0.29) is 18.7 Å². The van der Waals surface area contributed by atoms with Crippen molar-refractivity contribution in [3.63, 3.8) is 0 Å². The summed E-state index contributed by atoms with van der Waals surface area (Å²) in [5, 5.41) is 22.1. The van der Waals surface area contributed by atoms with Crippen LogP contribution in [0.25, 0.3) is 11.0 Å². The van der Waals surface area contributed by atoms with E-state index in [0.29, 0.717) is 0 Å². The van der Waals surface area contributed by atoms with Crippen LogP contribution in [0.15, 0.2) is 53.1 Å². The first-order valence-electron chi connectivity index (χ1n) is 8.75. The summed E-state index contributed by atoms with van der Waals surface area (Å²) in [6, 6.07) is 13.3. The monoisotopic (exact) mass is 367 g/mol. The minimum absolute atomic E-state index is 0.173. The van der Waals surface area contributed by atoms with E-state index in [2.05, 4.69) is 5.32 Å². The minimum Gasteiger partial charge on any atom is -0.464 e. The van der Waals surface area contributed by atoms with E-state index in [1.165, 1.54) is 0 Å². The van der Waals surface area contributed by atoms with Gasteiger partial charge in [-0.3, -0.25) is 4.79 Å². The zero-order valence-corrected chi connectivity index (χ0v) is 15.3. The predicted molar refractivity (Wildman–Crippen MR) is 103 cm³/mol. The highest BCUT2D eigenvalue weighted by Gasteiger charge is 2.23. The van der Waals surface area contributed by atoms with Crippen molar-refractivity contribution in [1.29, 1.82) is 0 Å². The van der Waals surface area contributed by atoms with Crippen LogP contribution in [-0.2, 0) is 22.3 Å². The van der Waals surface area contributed by atoms with Crippen molar-refractivity contribution in [3.8, 4) is 0 Å². The lowest BCUT2D eigenvalue weighted by Crippen LogP contribution is -2.43. The number of nitrogens with one attached hydrogen (secondary N) is 1. The van der Waals surface area contributed by atoms with E-state index in [9.17, 15) is 14.8 Å². The maximum atomic E-state index is 12.3. The lowest BCUT2D eigenvalue weighted by molar-refractivity contribution is -0.123. The van der Waals surface area contributed by atoms with Crippen molar-refractivity contribution in [2.75, 3.05) is 0 Å². The molecule has 0 radical (unpaired) electrons. The van der Waals surface area contributed by atoms with Crippen molar-refractivity contribution in [2.24, 2.45) is 0 Å². The molecule has 27 heavy (non-hydrogen) atoms. The number of rotatable bonds is 7. The fourth-order valence-electron chi connectivity index (χ4n) is 3.17. The highest BCUT2D eigenvalue weighted by atomic mass is 16.6. The summed E-state index contributed by atoms with van der Waals surface area (Å²) in [5.74, 6) is -0.271. The smallest absolute Gasteiger partial charge is 0.464 e. The Labute approximate surface area is 157 Å². The normalized spacial score (nSPS) is 12.1. The molecule has 0 saturated heterocycles. The number of amides is 1. The van der Waals surface area contributed by atoms with Gasteiger partial charge in [-0.15, -0.1) is 0 Å². The molecule has 1 heterocycles. The van der Waals surface area contributed by atoms with Gasteiger partial charge in [0.2, 0.25) is 5.91 Å². The van der Waals surface area contributed by atoms with Gasteiger partial charge >= 0.3 is 7.32 Å². The van der Waals surface area contributed by atoms with Crippen LogP contribution in [0.4, 0.5) is 0 Å². The summed E-state index contributed by atoms with van der Waals surface area (Å²) in [7, 11) is -1.99. The molecule has 6 nitrogen and oxygen atoms in total. The van der Waals surface area contributed by atoms with Crippen molar-refractivity contribution in [1.82, 2.24) is 5.32 Å². The summed E-state index contributed by atoms with van der Waals surface area (Å²) in [6.45, 7) is 3.94. The van der Waals surface area contributed by atoms with Crippen LogP contribution >= 0.6 is 0 Å². The first-order chi connectivity index (χ1) is 12.9.